The van der Waals surface area contributed by atoms with Crippen LogP contribution >= 0.6 is 7.37 Å². The molecule has 0 aromatic heterocycles. The molecular formula is C12H14NO4P. The Bertz CT molecular complexity index is 489. The van der Waals surface area contributed by atoms with Crippen LogP contribution in [0.3, 0.4) is 0 Å². The van der Waals surface area contributed by atoms with E-state index >= 15 is 0 Å². The Hall–Kier alpha value is -1.63. The van der Waals surface area contributed by atoms with E-state index in [1.54, 1.807) is 36.4 Å². The summed E-state index contributed by atoms with van der Waals surface area (Å²) in [7, 11) is -3.19. The van der Waals surface area contributed by atoms with Crippen LogP contribution in [0, 0.1) is 11.3 Å². The van der Waals surface area contributed by atoms with Crippen LogP contribution in [-0.4, -0.2) is 29.8 Å². The zero-order valence-corrected chi connectivity index (χ0v) is 10.8. The molecule has 0 fully saturated rings. The molecule has 2 unspecified atom stereocenters. The first-order chi connectivity index (χ1) is 8.42. The van der Waals surface area contributed by atoms with E-state index in [1.807, 2.05) is 0 Å². The van der Waals surface area contributed by atoms with Crippen LogP contribution in [0.4, 0.5) is 0 Å². The number of nitrogens with zero attached hydrogens (tertiary/aromatic N) is 1. The van der Waals surface area contributed by atoms with Crippen LogP contribution in [0.5, 0.6) is 0 Å². The lowest BCUT2D eigenvalue weighted by molar-refractivity contribution is 0.0401. The monoisotopic (exact) mass is 267 g/mol. The highest BCUT2D eigenvalue weighted by atomic mass is 31.2. The van der Waals surface area contributed by atoms with Crippen molar-refractivity contribution in [3.05, 3.63) is 35.9 Å². The number of rotatable bonds is 5. The first-order valence-corrected chi connectivity index (χ1v) is 7.66. The summed E-state index contributed by atoms with van der Waals surface area (Å²) < 4.78 is 16.0. The fourth-order valence-electron chi connectivity index (χ4n) is 1.28. The zero-order chi connectivity index (χ0) is 13.6. The summed E-state index contributed by atoms with van der Waals surface area (Å²) in [5, 5.41) is 8.82. The Labute approximate surface area is 105 Å². The van der Waals surface area contributed by atoms with E-state index in [4.69, 9.17) is 14.9 Å². The number of hydrogen-bond acceptors (Lipinski definition) is 4. The number of nitriles is 1. The van der Waals surface area contributed by atoms with Crippen molar-refractivity contribution in [3.63, 3.8) is 0 Å². The average Bonchev–Trinajstić information content (AvgIpc) is 2.34. The summed E-state index contributed by atoms with van der Waals surface area (Å²) in [5.74, 6) is -0.606. The lowest BCUT2D eigenvalue weighted by Crippen LogP contribution is -2.17. The van der Waals surface area contributed by atoms with Crippen LogP contribution < -0.4 is 0 Å². The van der Waals surface area contributed by atoms with Gasteiger partial charge in [0.1, 0.15) is 6.07 Å². The molecule has 0 aliphatic heterocycles. The molecule has 96 valence electrons. The summed E-state index contributed by atoms with van der Waals surface area (Å²) in [4.78, 5) is 20.8. The van der Waals surface area contributed by atoms with Crippen LogP contribution in [0.1, 0.15) is 16.8 Å². The molecule has 1 aromatic carbocycles. The molecule has 6 heteroatoms. The van der Waals surface area contributed by atoms with Gasteiger partial charge in [-0.15, -0.1) is 0 Å². The van der Waals surface area contributed by atoms with Gasteiger partial charge < -0.3 is 9.63 Å². The minimum Gasteiger partial charge on any atom is -0.443 e. The fourth-order valence-corrected chi connectivity index (χ4v) is 1.99. The normalized spacial score (nSPS) is 15.2. The standard InChI is InChI=1S/C12H14NO4P/c1-18(15,16)8-7-11(9-13)17-12(14)10-5-3-2-4-6-10/h2-6,11H,7-8H2,1H3,(H,15,16). The lowest BCUT2D eigenvalue weighted by Gasteiger charge is -2.12. The molecule has 2 atom stereocenters. The molecule has 0 aliphatic rings. The van der Waals surface area contributed by atoms with E-state index in [0.29, 0.717) is 5.56 Å². The van der Waals surface area contributed by atoms with E-state index in [2.05, 4.69) is 0 Å². The van der Waals surface area contributed by atoms with Crippen molar-refractivity contribution in [3.8, 4) is 6.07 Å². The summed E-state index contributed by atoms with van der Waals surface area (Å²) in [6, 6.07) is 10.1. The van der Waals surface area contributed by atoms with Gasteiger partial charge in [-0.3, -0.25) is 4.57 Å². The molecule has 0 spiro atoms. The molecule has 0 radical (unpaired) electrons. The SMILES string of the molecule is CP(=O)(O)CCC(C#N)OC(=O)c1ccccc1. The minimum absolute atomic E-state index is 0.0483. The third-order valence-corrected chi connectivity index (χ3v) is 3.30. The van der Waals surface area contributed by atoms with Gasteiger partial charge in [-0.25, -0.2) is 4.79 Å². The predicted octanol–water partition coefficient (Wildman–Crippen LogP) is 2.03. The smallest absolute Gasteiger partial charge is 0.339 e. The summed E-state index contributed by atoms with van der Waals surface area (Å²) >= 11 is 0. The zero-order valence-electron chi connectivity index (χ0n) is 9.94. The second-order valence-corrected chi connectivity index (χ2v) is 6.50. The Balaban J connectivity index is 2.57. The number of ether oxygens (including phenoxy) is 1. The minimum atomic E-state index is -3.19. The summed E-state index contributed by atoms with van der Waals surface area (Å²) in [5.41, 5.74) is 0.349. The van der Waals surface area contributed by atoms with Gasteiger partial charge in [0.05, 0.1) is 5.56 Å². The average molecular weight is 267 g/mol. The van der Waals surface area contributed by atoms with Gasteiger partial charge in [-0.05, 0) is 12.1 Å². The molecular weight excluding hydrogens is 253 g/mol. The maximum absolute atomic E-state index is 11.6. The molecule has 0 saturated heterocycles. The highest BCUT2D eigenvalue weighted by molar-refractivity contribution is 7.57. The number of carbonyl (C=O) groups excluding carboxylic acids is 1. The molecule has 5 nitrogen and oxygen atoms in total. The van der Waals surface area contributed by atoms with Crippen molar-refractivity contribution in [2.24, 2.45) is 0 Å². The topological polar surface area (TPSA) is 87.4 Å². The van der Waals surface area contributed by atoms with Crippen LogP contribution in [0.25, 0.3) is 0 Å². The van der Waals surface area contributed by atoms with Gasteiger partial charge in [-0.1, -0.05) is 18.2 Å². The lowest BCUT2D eigenvalue weighted by atomic mass is 10.2. The van der Waals surface area contributed by atoms with E-state index in [1.165, 1.54) is 6.66 Å². The Kier molecular flexibility index (Phi) is 5.08. The second-order valence-electron chi connectivity index (χ2n) is 3.95. The van der Waals surface area contributed by atoms with Gasteiger partial charge in [0.15, 0.2) is 13.5 Å². The van der Waals surface area contributed by atoms with Crippen molar-refractivity contribution in [2.75, 3.05) is 12.8 Å². The molecule has 1 rings (SSSR count). The van der Waals surface area contributed by atoms with Crippen LogP contribution in [0.2, 0.25) is 0 Å². The molecule has 0 aliphatic carbocycles. The Morgan fingerprint density at radius 3 is 2.61 bits per heavy atom. The molecule has 0 saturated carbocycles. The Morgan fingerprint density at radius 1 is 1.50 bits per heavy atom. The number of esters is 1. The van der Waals surface area contributed by atoms with Crippen molar-refractivity contribution >= 4 is 13.3 Å². The molecule has 1 N–H and O–H groups in total. The van der Waals surface area contributed by atoms with Crippen LogP contribution in [-0.2, 0) is 9.30 Å². The van der Waals surface area contributed by atoms with E-state index in [0.717, 1.165) is 0 Å². The van der Waals surface area contributed by atoms with E-state index in [-0.39, 0.29) is 12.6 Å². The van der Waals surface area contributed by atoms with Crippen molar-refractivity contribution in [1.82, 2.24) is 0 Å². The van der Waals surface area contributed by atoms with Crippen molar-refractivity contribution in [2.45, 2.75) is 12.5 Å². The maximum atomic E-state index is 11.6. The van der Waals surface area contributed by atoms with E-state index < -0.39 is 19.4 Å². The van der Waals surface area contributed by atoms with Crippen LogP contribution in [0.15, 0.2) is 30.3 Å². The van der Waals surface area contributed by atoms with Crippen molar-refractivity contribution < 1.29 is 19.0 Å². The first-order valence-electron chi connectivity index (χ1n) is 5.37. The van der Waals surface area contributed by atoms with Gasteiger partial charge in [0, 0.05) is 19.2 Å². The summed E-state index contributed by atoms with van der Waals surface area (Å²) in [6.45, 7) is 1.21. The Morgan fingerprint density at radius 2 is 2.11 bits per heavy atom. The highest BCUT2D eigenvalue weighted by Gasteiger charge is 2.19. The largest absolute Gasteiger partial charge is 0.443 e. The predicted molar refractivity (Wildman–Crippen MR) is 66.5 cm³/mol. The maximum Gasteiger partial charge on any atom is 0.339 e. The van der Waals surface area contributed by atoms with Gasteiger partial charge in [-0.2, -0.15) is 5.26 Å². The number of carbonyl (C=O) groups is 1. The van der Waals surface area contributed by atoms with Gasteiger partial charge in [0.25, 0.3) is 0 Å². The molecule has 0 bridgehead atoms. The third kappa shape index (κ3) is 5.13. The van der Waals surface area contributed by atoms with Gasteiger partial charge >= 0.3 is 5.97 Å². The van der Waals surface area contributed by atoms with Crippen molar-refractivity contribution in [1.29, 1.82) is 5.26 Å². The second kappa shape index (κ2) is 6.34. The summed E-state index contributed by atoms with van der Waals surface area (Å²) in [6.07, 6.45) is -0.995. The molecule has 0 heterocycles. The molecule has 0 amide bonds. The third-order valence-electron chi connectivity index (χ3n) is 2.21. The highest BCUT2D eigenvalue weighted by Crippen LogP contribution is 2.36. The van der Waals surface area contributed by atoms with E-state index in [9.17, 15) is 9.36 Å². The number of benzene rings is 1. The first kappa shape index (κ1) is 14.4. The number of hydrogen-bond donors (Lipinski definition) is 1. The van der Waals surface area contributed by atoms with Gasteiger partial charge in [0.2, 0.25) is 0 Å². The quantitative estimate of drug-likeness (QED) is 0.651. The fraction of sp³-hybridized carbons (Fsp3) is 0.333. The molecule has 1 aromatic rings. The molecule has 18 heavy (non-hydrogen) atoms.